The number of pyridine rings is 2. The van der Waals surface area contributed by atoms with Gasteiger partial charge in [-0.25, -0.2) is 14.6 Å². The van der Waals surface area contributed by atoms with Gasteiger partial charge in [-0.3, -0.25) is 9.55 Å². The molecule has 0 unspecified atom stereocenters. The molecule has 1 saturated carbocycles. The Morgan fingerprint density at radius 2 is 1.95 bits per heavy atom. The third kappa shape index (κ3) is 4.38. The third-order valence-corrected chi connectivity index (χ3v) is 7.16. The molecule has 1 fully saturated rings. The van der Waals surface area contributed by atoms with Crippen LogP contribution in [-0.2, 0) is 13.1 Å². The lowest BCUT2D eigenvalue weighted by atomic mass is 9.85. The van der Waals surface area contributed by atoms with Gasteiger partial charge in [0.1, 0.15) is 17.7 Å². The predicted molar refractivity (Wildman–Crippen MR) is 141 cm³/mol. The van der Waals surface area contributed by atoms with Gasteiger partial charge in [-0.1, -0.05) is 29.8 Å². The molecule has 1 aliphatic rings. The Morgan fingerprint density at radius 3 is 2.86 bits per heavy atom. The van der Waals surface area contributed by atoms with Crippen molar-refractivity contribution >= 4 is 16.7 Å². The van der Waals surface area contributed by atoms with E-state index in [1.54, 1.807) is 0 Å². The normalized spacial score (nSPS) is 13.9. The van der Waals surface area contributed by atoms with Gasteiger partial charge in [0, 0.05) is 30.7 Å². The summed E-state index contributed by atoms with van der Waals surface area (Å²) in [5, 5.41) is 12.3. The highest BCUT2D eigenvalue weighted by Gasteiger charge is 2.16. The SMILES string of the molecule is c1ccc2c(c1)ncn2-c1cncc(-c2cn(Cc3cn4cc(CNCC5CCC5)ccc4n3)nn2)c1. The molecule has 0 saturated heterocycles. The number of rotatable bonds is 8. The van der Waals surface area contributed by atoms with Gasteiger partial charge >= 0.3 is 0 Å². The molecule has 7 rings (SSSR count). The van der Waals surface area contributed by atoms with Crippen LogP contribution in [0.4, 0.5) is 0 Å². The fraction of sp³-hybridized carbons (Fsp3) is 0.250. The lowest BCUT2D eigenvalue weighted by Crippen LogP contribution is -2.26. The highest BCUT2D eigenvalue weighted by Crippen LogP contribution is 2.25. The monoisotopic (exact) mass is 489 g/mol. The average molecular weight is 490 g/mol. The van der Waals surface area contributed by atoms with Gasteiger partial charge in [-0.05, 0) is 55.1 Å². The van der Waals surface area contributed by atoms with Crippen molar-refractivity contribution in [2.45, 2.75) is 32.4 Å². The largest absolute Gasteiger partial charge is 0.312 e. The van der Waals surface area contributed by atoms with Gasteiger partial charge in [0.05, 0.1) is 41.4 Å². The Balaban J connectivity index is 1.07. The number of benzene rings is 1. The van der Waals surface area contributed by atoms with Crippen LogP contribution >= 0.6 is 0 Å². The van der Waals surface area contributed by atoms with E-state index >= 15 is 0 Å². The molecule has 5 aromatic heterocycles. The van der Waals surface area contributed by atoms with Crippen molar-refractivity contribution in [2.24, 2.45) is 5.92 Å². The van der Waals surface area contributed by atoms with E-state index in [4.69, 9.17) is 4.98 Å². The van der Waals surface area contributed by atoms with Crippen LogP contribution in [0.3, 0.4) is 0 Å². The summed E-state index contributed by atoms with van der Waals surface area (Å²) in [6.45, 7) is 2.54. The van der Waals surface area contributed by atoms with E-state index in [-0.39, 0.29) is 0 Å². The van der Waals surface area contributed by atoms with E-state index in [9.17, 15) is 0 Å². The predicted octanol–water partition coefficient (Wildman–Crippen LogP) is 4.26. The summed E-state index contributed by atoms with van der Waals surface area (Å²) in [6.07, 6.45) is 15.7. The van der Waals surface area contributed by atoms with Crippen LogP contribution in [0.2, 0.25) is 0 Å². The quantitative estimate of drug-likeness (QED) is 0.344. The van der Waals surface area contributed by atoms with E-state index in [1.807, 2.05) is 52.4 Å². The molecule has 1 aromatic carbocycles. The van der Waals surface area contributed by atoms with Gasteiger partial charge in [0.25, 0.3) is 0 Å². The molecular weight excluding hydrogens is 462 g/mol. The molecule has 9 nitrogen and oxygen atoms in total. The summed E-state index contributed by atoms with van der Waals surface area (Å²) >= 11 is 0. The molecule has 6 aromatic rings. The van der Waals surface area contributed by atoms with Crippen LogP contribution in [0.25, 0.3) is 33.6 Å². The minimum absolute atomic E-state index is 0.545. The molecule has 0 bridgehead atoms. The maximum atomic E-state index is 4.77. The fourth-order valence-electron chi connectivity index (χ4n) is 4.93. The van der Waals surface area contributed by atoms with Crippen molar-refractivity contribution in [3.05, 3.63) is 91.0 Å². The maximum absolute atomic E-state index is 4.77. The van der Waals surface area contributed by atoms with Crippen LogP contribution in [0.15, 0.2) is 79.8 Å². The number of hydrogen-bond acceptors (Lipinski definition) is 6. The highest BCUT2D eigenvalue weighted by molar-refractivity contribution is 5.77. The molecule has 0 atom stereocenters. The van der Waals surface area contributed by atoms with Crippen LogP contribution in [0, 0.1) is 5.92 Å². The number of aromatic nitrogens is 8. The second-order valence-corrected chi connectivity index (χ2v) is 9.80. The van der Waals surface area contributed by atoms with Crippen molar-refractivity contribution in [1.82, 2.24) is 44.2 Å². The van der Waals surface area contributed by atoms with Crippen LogP contribution in [-0.4, -0.2) is 45.5 Å². The van der Waals surface area contributed by atoms with Crippen LogP contribution < -0.4 is 5.32 Å². The second-order valence-electron chi connectivity index (χ2n) is 9.80. The zero-order valence-electron chi connectivity index (χ0n) is 20.4. The number of nitrogens with zero attached hydrogens (tertiary/aromatic N) is 8. The summed E-state index contributed by atoms with van der Waals surface area (Å²) in [5.41, 5.74) is 7.71. The number of nitrogens with one attached hydrogen (secondary N) is 1. The molecule has 0 radical (unpaired) electrons. The van der Waals surface area contributed by atoms with Gasteiger partial charge in [-0.15, -0.1) is 5.10 Å². The lowest BCUT2D eigenvalue weighted by molar-refractivity contribution is 0.301. The maximum Gasteiger partial charge on any atom is 0.137 e. The molecule has 5 heterocycles. The standard InChI is InChI=1S/C28H27N9/c1-2-7-27-25(6-1)31-19-37(27)24-10-22(13-30-14-24)26-18-36(34-33-26)17-23-16-35-15-21(8-9-28(35)32-23)12-29-11-20-4-3-5-20/h1-2,6-10,13-16,18-20,29H,3-5,11-12,17H2. The van der Waals surface area contributed by atoms with E-state index in [2.05, 4.69) is 66.7 Å². The smallest absolute Gasteiger partial charge is 0.137 e. The van der Waals surface area contributed by atoms with Crippen molar-refractivity contribution in [3.63, 3.8) is 0 Å². The Bertz CT molecular complexity index is 1690. The van der Waals surface area contributed by atoms with E-state index in [0.717, 1.165) is 58.3 Å². The number of imidazole rings is 2. The zero-order chi connectivity index (χ0) is 24.6. The summed E-state index contributed by atoms with van der Waals surface area (Å²) < 4.78 is 5.94. The average Bonchev–Trinajstić information content (AvgIpc) is 3.63. The topological polar surface area (TPSA) is 90.8 Å². The van der Waals surface area contributed by atoms with E-state index in [1.165, 1.54) is 24.8 Å². The number of hydrogen-bond donors (Lipinski definition) is 1. The molecule has 1 N–H and O–H groups in total. The summed E-state index contributed by atoms with van der Waals surface area (Å²) in [4.78, 5) is 13.7. The summed E-state index contributed by atoms with van der Waals surface area (Å²) in [5.74, 6) is 0.861. The zero-order valence-corrected chi connectivity index (χ0v) is 20.4. The molecule has 0 spiro atoms. The lowest BCUT2D eigenvalue weighted by Gasteiger charge is -2.25. The first-order valence-corrected chi connectivity index (χ1v) is 12.7. The Labute approximate surface area is 213 Å². The number of para-hydroxylation sites is 2. The highest BCUT2D eigenvalue weighted by atomic mass is 15.4. The first-order chi connectivity index (χ1) is 18.3. The van der Waals surface area contributed by atoms with Gasteiger partial charge in [0.2, 0.25) is 0 Å². The Morgan fingerprint density at radius 1 is 1.00 bits per heavy atom. The first-order valence-electron chi connectivity index (χ1n) is 12.7. The van der Waals surface area contributed by atoms with E-state index < -0.39 is 0 Å². The van der Waals surface area contributed by atoms with Crippen LogP contribution in [0.1, 0.15) is 30.5 Å². The fourth-order valence-corrected chi connectivity index (χ4v) is 4.93. The molecule has 184 valence electrons. The molecule has 0 aliphatic heterocycles. The van der Waals surface area contributed by atoms with Crippen molar-refractivity contribution in [1.29, 1.82) is 0 Å². The molecule has 37 heavy (non-hydrogen) atoms. The summed E-state index contributed by atoms with van der Waals surface area (Å²) in [7, 11) is 0. The molecular formula is C28H27N9. The molecule has 0 amide bonds. The number of fused-ring (bicyclic) bond motifs is 2. The molecule has 9 heteroatoms. The van der Waals surface area contributed by atoms with Crippen molar-refractivity contribution < 1.29 is 0 Å². The van der Waals surface area contributed by atoms with E-state index in [0.29, 0.717) is 6.54 Å². The molecule has 1 aliphatic carbocycles. The Kier molecular flexibility index (Phi) is 5.47. The van der Waals surface area contributed by atoms with Crippen molar-refractivity contribution in [2.75, 3.05) is 6.54 Å². The summed E-state index contributed by atoms with van der Waals surface area (Å²) in [6, 6.07) is 14.3. The second kappa shape index (κ2) is 9.25. The van der Waals surface area contributed by atoms with Gasteiger partial charge in [-0.2, -0.15) is 0 Å². The van der Waals surface area contributed by atoms with Gasteiger partial charge in [0.15, 0.2) is 0 Å². The first kappa shape index (κ1) is 21.9. The Hall–Kier alpha value is -4.37. The van der Waals surface area contributed by atoms with Gasteiger partial charge < -0.3 is 9.72 Å². The third-order valence-electron chi connectivity index (χ3n) is 7.16. The van der Waals surface area contributed by atoms with Crippen LogP contribution in [0.5, 0.6) is 0 Å². The van der Waals surface area contributed by atoms with Crippen molar-refractivity contribution in [3.8, 4) is 16.9 Å². The minimum atomic E-state index is 0.545. The minimum Gasteiger partial charge on any atom is -0.312 e.